The van der Waals surface area contributed by atoms with Gasteiger partial charge in [0.2, 0.25) is 0 Å². The number of halogens is 3. The summed E-state index contributed by atoms with van der Waals surface area (Å²) >= 11 is 14.2. The Morgan fingerprint density at radius 1 is 1.00 bits per heavy atom. The van der Waals surface area contributed by atoms with Crippen molar-refractivity contribution in [3.8, 4) is 27.4 Å². The lowest BCUT2D eigenvalue weighted by Crippen LogP contribution is -2.23. The summed E-state index contributed by atoms with van der Waals surface area (Å²) < 4.78 is 17.3. The second-order valence-electron chi connectivity index (χ2n) is 9.87. The molecule has 1 fully saturated rings. The summed E-state index contributed by atoms with van der Waals surface area (Å²) in [5, 5.41) is 0.777. The first-order valence-electron chi connectivity index (χ1n) is 12.4. The number of nitrogens with zero attached hydrogens (tertiary/aromatic N) is 4. The molecule has 0 N–H and O–H groups in total. The van der Waals surface area contributed by atoms with E-state index in [1.807, 2.05) is 39.1 Å². The molecule has 1 unspecified atom stereocenters. The molecule has 6 rings (SSSR count). The largest absolute Gasteiger partial charge is 0.280 e. The number of rotatable bonds is 5. The first kappa shape index (κ1) is 25.9. The van der Waals surface area contributed by atoms with Crippen LogP contribution in [0.4, 0.5) is 4.39 Å². The Hall–Kier alpha value is -3.39. The number of thiazole rings is 1. The quantitative estimate of drug-likeness (QED) is 0.212. The summed E-state index contributed by atoms with van der Waals surface area (Å²) in [6, 6.07) is 10.9. The number of hydrogen-bond acceptors (Lipinski definition) is 5. The van der Waals surface area contributed by atoms with Crippen LogP contribution in [0.25, 0.3) is 27.4 Å². The summed E-state index contributed by atoms with van der Waals surface area (Å²) in [5.74, 6) is -0.0325. The highest BCUT2D eigenvalue weighted by Gasteiger charge is 2.42. The maximum atomic E-state index is 15.7. The van der Waals surface area contributed by atoms with Crippen molar-refractivity contribution in [1.82, 2.24) is 19.5 Å². The van der Waals surface area contributed by atoms with Crippen molar-refractivity contribution in [2.45, 2.75) is 39.0 Å². The van der Waals surface area contributed by atoms with Crippen LogP contribution in [-0.4, -0.2) is 19.5 Å². The molecule has 1 aliphatic carbocycles. The second-order valence-corrected chi connectivity index (χ2v) is 11.5. The molecule has 1 aromatic carbocycles. The highest BCUT2D eigenvalue weighted by Crippen LogP contribution is 2.56. The third kappa shape index (κ3) is 4.58. The lowest BCUT2D eigenvalue weighted by Gasteiger charge is -2.17. The maximum absolute atomic E-state index is 15.7. The van der Waals surface area contributed by atoms with Gasteiger partial charge in [-0.2, -0.15) is 0 Å². The van der Waals surface area contributed by atoms with Crippen molar-refractivity contribution >= 4 is 34.5 Å². The van der Waals surface area contributed by atoms with Crippen molar-refractivity contribution in [2.24, 2.45) is 0 Å². The van der Waals surface area contributed by atoms with Gasteiger partial charge in [0.25, 0.3) is 5.56 Å². The van der Waals surface area contributed by atoms with E-state index < -0.39 is 0 Å². The molecule has 0 bridgehead atoms. The van der Waals surface area contributed by atoms with Crippen LogP contribution < -0.4 is 5.56 Å². The van der Waals surface area contributed by atoms with Crippen LogP contribution in [0.5, 0.6) is 0 Å². The number of benzene rings is 1. The van der Waals surface area contributed by atoms with Crippen LogP contribution in [0.3, 0.4) is 0 Å². The predicted molar refractivity (Wildman–Crippen MR) is 155 cm³/mol. The van der Waals surface area contributed by atoms with Gasteiger partial charge in [0.05, 0.1) is 32.5 Å². The minimum Gasteiger partial charge on any atom is -0.280 e. The van der Waals surface area contributed by atoms with Crippen molar-refractivity contribution in [1.29, 1.82) is 0 Å². The number of pyridine rings is 3. The third-order valence-electron chi connectivity index (χ3n) is 7.29. The van der Waals surface area contributed by atoms with E-state index in [0.717, 1.165) is 39.4 Å². The fourth-order valence-corrected chi connectivity index (χ4v) is 6.49. The molecule has 5 aromatic rings. The zero-order valence-corrected chi connectivity index (χ0v) is 23.7. The fraction of sp³-hybridized carbons (Fsp3) is 0.200. The van der Waals surface area contributed by atoms with Gasteiger partial charge >= 0.3 is 0 Å². The zero-order chi connectivity index (χ0) is 27.4. The van der Waals surface area contributed by atoms with E-state index in [1.165, 1.54) is 11.3 Å². The highest BCUT2D eigenvalue weighted by atomic mass is 35.5. The average molecular weight is 578 g/mol. The summed E-state index contributed by atoms with van der Waals surface area (Å²) in [6.07, 6.45) is 5.95. The van der Waals surface area contributed by atoms with Crippen molar-refractivity contribution in [3.63, 3.8) is 0 Å². The van der Waals surface area contributed by atoms with E-state index in [-0.39, 0.29) is 28.2 Å². The van der Waals surface area contributed by atoms with E-state index in [2.05, 4.69) is 15.0 Å². The molecular weight excluding hydrogens is 554 g/mol. The Morgan fingerprint density at radius 2 is 1.79 bits per heavy atom. The Morgan fingerprint density at radius 3 is 2.54 bits per heavy atom. The van der Waals surface area contributed by atoms with E-state index in [1.54, 1.807) is 46.7 Å². The van der Waals surface area contributed by atoms with Crippen molar-refractivity contribution in [2.75, 3.05) is 0 Å². The van der Waals surface area contributed by atoms with Crippen LogP contribution in [0, 0.1) is 26.6 Å². The van der Waals surface area contributed by atoms with E-state index in [0.29, 0.717) is 27.5 Å². The molecule has 2 atom stereocenters. The first-order chi connectivity index (χ1) is 18.7. The molecule has 0 saturated heterocycles. The third-order valence-corrected chi connectivity index (χ3v) is 8.83. The molecule has 1 aliphatic rings. The van der Waals surface area contributed by atoms with Gasteiger partial charge in [-0.1, -0.05) is 35.3 Å². The predicted octanol–water partition coefficient (Wildman–Crippen LogP) is 8.06. The Balaban J connectivity index is 1.40. The van der Waals surface area contributed by atoms with E-state index >= 15 is 4.39 Å². The fourth-order valence-electron chi connectivity index (χ4n) is 5.21. The summed E-state index contributed by atoms with van der Waals surface area (Å²) in [6.45, 7) is 5.61. The average Bonchev–Trinajstić information content (AvgIpc) is 3.60. The van der Waals surface area contributed by atoms with Crippen LogP contribution in [0.1, 0.15) is 46.3 Å². The van der Waals surface area contributed by atoms with Gasteiger partial charge in [-0.05, 0) is 80.0 Å². The van der Waals surface area contributed by atoms with Gasteiger partial charge in [0.15, 0.2) is 0 Å². The van der Waals surface area contributed by atoms with Crippen molar-refractivity contribution < 1.29 is 4.39 Å². The maximum Gasteiger partial charge on any atom is 0.274 e. The van der Waals surface area contributed by atoms with Gasteiger partial charge in [-0.15, -0.1) is 11.3 Å². The Kier molecular flexibility index (Phi) is 6.61. The Bertz CT molecular complexity index is 1820. The molecule has 39 heavy (non-hydrogen) atoms. The van der Waals surface area contributed by atoms with Crippen LogP contribution in [0.15, 0.2) is 65.3 Å². The van der Waals surface area contributed by atoms with Gasteiger partial charge in [-0.3, -0.25) is 19.3 Å². The number of aromatic nitrogens is 4. The summed E-state index contributed by atoms with van der Waals surface area (Å²) in [4.78, 5) is 27.4. The van der Waals surface area contributed by atoms with Gasteiger partial charge in [-0.25, -0.2) is 9.37 Å². The monoisotopic (exact) mass is 576 g/mol. The lowest BCUT2D eigenvalue weighted by atomic mass is 10.0. The van der Waals surface area contributed by atoms with Crippen LogP contribution >= 0.6 is 34.5 Å². The molecule has 0 amide bonds. The van der Waals surface area contributed by atoms with Gasteiger partial charge < -0.3 is 0 Å². The molecule has 4 aromatic heterocycles. The summed E-state index contributed by atoms with van der Waals surface area (Å²) in [7, 11) is 0. The molecule has 0 radical (unpaired) electrons. The summed E-state index contributed by atoms with van der Waals surface area (Å²) in [5.41, 5.74) is 7.42. The number of hydrogen-bond donors (Lipinski definition) is 0. The Labute approximate surface area is 239 Å². The SMILES string of the molecule is Cc1cnc(-c2cccc(-c3scnc3C)c2F)cc1-n1c(C)cc([C@@H]2CC2c2cncc(Cl)c2)c(Cl)c1=O. The normalized spacial score (nSPS) is 16.5. The van der Waals surface area contributed by atoms with Crippen molar-refractivity contribution in [3.05, 3.63) is 115 Å². The lowest BCUT2D eigenvalue weighted by molar-refractivity contribution is 0.634. The molecule has 196 valence electrons. The van der Waals surface area contributed by atoms with Gasteiger partial charge in [0, 0.05) is 35.4 Å². The minimum atomic E-state index is -0.375. The van der Waals surface area contributed by atoms with Crippen LogP contribution in [0.2, 0.25) is 10.0 Å². The standard InChI is InChI=1S/C30H23Cl2FN4OS/c1-15-11-35-25(20-5-4-6-21(28(20)33)29-17(3)36-14-39-29)10-26(15)37-16(2)7-24(27(32)30(37)38)23-9-22(23)18-8-19(31)13-34-12-18/h4-8,10-14,22-23H,9H2,1-3H3/t22?,23-/m1/s1. The number of aryl methyl sites for hydroxylation is 3. The molecular formula is C30H23Cl2FN4OS. The topological polar surface area (TPSA) is 60.7 Å². The smallest absolute Gasteiger partial charge is 0.274 e. The highest BCUT2D eigenvalue weighted by molar-refractivity contribution is 7.13. The second kappa shape index (κ2) is 9.97. The first-order valence-corrected chi connectivity index (χ1v) is 14.1. The molecule has 9 heteroatoms. The molecule has 0 spiro atoms. The van der Waals surface area contributed by atoms with Crippen LogP contribution in [-0.2, 0) is 0 Å². The molecule has 5 nitrogen and oxygen atoms in total. The minimum absolute atomic E-state index is 0.125. The molecule has 4 heterocycles. The zero-order valence-electron chi connectivity index (χ0n) is 21.4. The van der Waals surface area contributed by atoms with Gasteiger partial charge in [0.1, 0.15) is 10.8 Å². The molecule has 1 saturated carbocycles. The van der Waals surface area contributed by atoms with E-state index in [9.17, 15) is 4.79 Å². The van der Waals surface area contributed by atoms with E-state index in [4.69, 9.17) is 23.2 Å². The molecule has 0 aliphatic heterocycles.